The number of aliphatic hydroxyl groups is 1. The molecule has 0 spiro atoms. The Hall–Kier alpha value is -1.12. The second-order valence-corrected chi connectivity index (χ2v) is 1.15. The maximum absolute atomic E-state index is 9.82. The third kappa shape index (κ3) is 156. The number of esters is 1. The van der Waals surface area contributed by atoms with E-state index in [1.807, 2.05) is 0 Å². The molecule has 0 aromatic carbocycles. The number of nitrogens with zero attached hydrogens (tertiary/aromatic N) is 1. The summed E-state index contributed by atoms with van der Waals surface area (Å²) in [5, 5.41) is 14.3. The highest BCUT2D eigenvalue weighted by molar-refractivity contribution is 5.65. The summed E-state index contributed by atoms with van der Waals surface area (Å²) in [6, 6.07) is 1.75. The van der Waals surface area contributed by atoms with Gasteiger partial charge >= 0.3 is 5.97 Å². The van der Waals surface area contributed by atoms with E-state index in [-0.39, 0.29) is 11.4 Å². The molecule has 0 saturated heterocycles. The maximum atomic E-state index is 9.82. The van der Waals surface area contributed by atoms with E-state index < -0.39 is 0 Å². The highest BCUT2D eigenvalue weighted by Gasteiger charge is 1.81. The van der Waals surface area contributed by atoms with E-state index in [1.165, 1.54) is 13.8 Å². The Bertz CT molecular complexity index is 108. The standard InChI is InChI=1S/C4H8O2.C2H3N.CH4O.H2O/c1-3-6-4(2)5;1-2-3;1-2;/h3H2,1-2H3;1H3;2H,1H3;1H2. The molecule has 0 radical (unpaired) electrons. The van der Waals surface area contributed by atoms with E-state index in [9.17, 15) is 4.79 Å². The lowest BCUT2D eigenvalue weighted by molar-refractivity contribution is -0.140. The molecular weight excluding hydrogens is 162 g/mol. The predicted octanol–water partition coefficient (Wildman–Crippen LogP) is -0.117. The molecule has 0 aliphatic rings. The molecule has 3 N–H and O–H groups in total. The zero-order valence-corrected chi connectivity index (χ0v) is 7.92. The molecule has 0 bridgehead atoms. The van der Waals surface area contributed by atoms with Gasteiger partial charge in [-0.1, -0.05) is 0 Å². The minimum atomic E-state index is -0.211. The van der Waals surface area contributed by atoms with Crippen molar-refractivity contribution in [1.82, 2.24) is 0 Å². The van der Waals surface area contributed by atoms with Gasteiger partial charge in [0.25, 0.3) is 0 Å². The van der Waals surface area contributed by atoms with Gasteiger partial charge in [-0.2, -0.15) is 5.26 Å². The Morgan fingerprint density at radius 2 is 1.83 bits per heavy atom. The number of hydrogen-bond donors (Lipinski definition) is 1. The van der Waals surface area contributed by atoms with E-state index in [1.54, 1.807) is 13.0 Å². The minimum Gasteiger partial charge on any atom is -0.466 e. The van der Waals surface area contributed by atoms with E-state index in [0.717, 1.165) is 7.11 Å². The van der Waals surface area contributed by atoms with Crippen LogP contribution in [0.3, 0.4) is 0 Å². The maximum Gasteiger partial charge on any atom is 0.302 e. The van der Waals surface area contributed by atoms with Crippen molar-refractivity contribution in [2.24, 2.45) is 0 Å². The molecule has 0 unspecified atom stereocenters. The van der Waals surface area contributed by atoms with Crippen LogP contribution >= 0.6 is 0 Å². The minimum absolute atomic E-state index is 0. The number of hydrogen-bond acceptors (Lipinski definition) is 4. The molecule has 5 nitrogen and oxygen atoms in total. The summed E-state index contributed by atoms with van der Waals surface area (Å²) < 4.78 is 4.40. The average molecular weight is 179 g/mol. The quantitative estimate of drug-likeness (QED) is 0.567. The van der Waals surface area contributed by atoms with Crippen LogP contribution in [0, 0.1) is 11.3 Å². The molecule has 0 saturated carbocycles. The van der Waals surface area contributed by atoms with Crippen molar-refractivity contribution >= 4 is 5.97 Å². The summed E-state index contributed by atoms with van der Waals surface area (Å²) in [5.41, 5.74) is 0. The third-order valence-corrected chi connectivity index (χ3v) is 0.348. The lowest BCUT2D eigenvalue weighted by atomic mass is 10.8. The van der Waals surface area contributed by atoms with Gasteiger partial charge in [0.15, 0.2) is 0 Å². The van der Waals surface area contributed by atoms with Crippen molar-refractivity contribution in [2.75, 3.05) is 13.7 Å². The second kappa shape index (κ2) is 32.7. The van der Waals surface area contributed by atoms with Crippen LogP contribution in [0.2, 0.25) is 0 Å². The first kappa shape index (κ1) is 22.4. The molecule has 0 rings (SSSR count). The normalized spacial score (nSPS) is 5.00. The summed E-state index contributed by atoms with van der Waals surface area (Å²) >= 11 is 0. The Morgan fingerprint density at radius 1 is 1.58 bits per heavy atom. The molecule has 0 heterocycles. The van der Waals surface area contributed by atoms with Gasteiger partial charge in [0.1, 0.15) is 0 Å². The number of nitriles is 1. The van der Waals surface area contributed by atoms with E-state index in [4.69, 9.17) is 10.4 Å². The van der Waals surface area contributed by atoms with Crippen molar-refractivity contribution in [3.63, 3.8) is 0 Å². The van der Waals surface area contributed by atoms with Gasteiger partial charge in [-0.05, 0) is 6.92 Å². The largest absolute Gasteiger partial charge is 0.466 e. The van der Waals surface area contributed by atoms with Crippen molar-refractivity contribution in [2.45, 2.75) is 20.8 Å². The fourth-order valence-corrected chi connectivity index (χ4v) is 0.203. The smallest absolute Gasteiger partial charge is 0.302 e. The Balaban J connectivity index is -0.0000000462. The van der Waals surface area contributed by atoms with E-state index in [0.29, 0.717) is 6.61 Å². The zero-order valence-electron chi connectivity index (χ0n) is 7.92. The van der Waals surface area contributed by atoms with Crippen LogP contribution in [0.4, 0.5) is 0 Å². The molecule has 0 aromatic rings. The summed E-state index contributed by atoms with van der Waals surface area (Å²) in [7, 11) is 1.00. The Morgan fingerprint density at radius 3 is 1.83 bits per heavy atom. The number of carbonyl (C=O) groups is 1. The first-order chi connectivity index (χ1) is 5.18. The Labute approximate surface area is 72.9 Å². The predicted molar refractivity (Wildman–Crippen MR) is 45.4 cm³/mol. The molecule has 12 heavy (non-hydrogen) atoms. The molecule has 0 fully saturated rings. The molecule has 0 aliphatic carbocycles. The summed E-state index contributed by atoms with van der Waals surface area (Å²) in [4.78, 5) is 9.82. The van der Waals surface area contributed by atoms with Gasteiger partial charge in [0, 0.05) is 21.0 Å². The number of ether oxygens (including phenoxy) is 1. The lowest BCUT2D eigenvalue weighted by Crippen LogP contribution is -1.95. The zero-order chi connectivity index (χ0) is 9.70. The lowest BCUT2D eigenvalue weighted by Gasteiger charge is -1.89. The summed E-state index contributed by atoms with van der Waals surface area (Å²) in [5.74, 6) is -0.211. The van der Waals surface area contributed by atoms with Gasteiger partial charge in [-0.25, -0.2) is 0 Å². The van der Waals surface area contributed by atoms with Crippen LogP contribution in [-0.2, 0) is 9.53 Å². The number of rotatable bonds is 1. The highest BCUT2D eigenvalue weighted by atomic mass is 16.5. The molecular formula is C7H17NO4. The SMILES string of the molecule is CC#N.CCOC(C)=O.CO.O. The molecule has 0 aromatic heterocycles. The van der Waals surface area contributed by atoms with Crippen LogP contribution in [0.15, 0.2) is 0 Å². The first-order valence-corrected chi connectivity index (χ1v) is 3.07. The van der Waals surface area contributed by atoms with Gasteiger partial charge in [-0.15, -0.1) is 0 Å². The van der Waals surface area contributed by atoms with Crippen molar-refractivity contribution < 1.29 is 20.1 Å². The van der Waals surface area contributed by atoms with Crippen LogP contribution < -0.4 is 0 Å². The summed E-state index contributed by atoms with van der Waals surface area (Å²) in [6.07, 6.45) is 0. The van der Waals surface area contributed by atoms with Crippen molar-refractivity contribution in [1.29, 1.82) is 5.26 Å². The van der Waals surface area contributed by atoms with Crippen LogP contribution in [0.1, 0.15) is 20.8 Å². The summed E-state index contributed by atoms with van der Waals surface area (Å²) in [6.45, 7) is 5.08. The molecule has 5 heteroatoms. The van der Waals surface area contributed by atoms with Gasteiger partial charge in [-0.3, -0.25) is 4.79 Å². The fraction of sp³-hybridized carbons (Fsp3) is 0.714. The fourth-order valence-electron chi connectivity index (χ4n) is 0.203. The molecule has 0 atom stereocenters. The number of carbonyl (C=O) groups excluding carboxylic acids is 1. The van der Waals surface area contributed by atoms with Gasteiger partial charge in [0.05, 0.1) is 12.7 Å². The third-order valence-electron chi connectivity index (χ3n) is 0.348. The first-order valence-electron chi connectivity index (χ1n) is 3.07. The van der Waals surface area contributed by atoms with Crippen molar-refractivity contribution in [3.05, 3.63) is 0 Å². The van der Waals surface area contributed by atoms with Crippen molar-refractivity contribution in [3.8, 4) is 6.07 Å². The Kier molecular flexibility index (Phi) is 61.2. The highest BCUT2D eigenvalue weighted by Crippen LogP contribution is 1.69. The van der Waals surface area contributed by atoms with Crippen LogP contribution in [0.5, 0.6) is 0 Å². The molecule has 74 valence electrons. The monoisotopic (exact) mass is 179 g/mol. The van der Waals surface area contributed by atoms with Gasteiger partial charge < -0.3 is 15.3 Å². The second-order valence-electron chi connectivity index (χ2n) is 1.15. The van der Waals surface area contributed by atoms with E-state index >= 15 is 0 Å². The molecule has 0 aliphatic heterocycles. The van der Waals surface area contributed by atoms with E-state index in [2.05, 4.69) is 4.74 Å². The van der Waals surface area contributed by atoms with Crippen LogP contribution in [-0.4, -0.2) is 30.3 Å². The number of aliphatic hydroxyl groups excluding tert-OH is 1. The topological polar surface area (TPSA) is 102 Å². The average Bonchev–Trinajstić information content (AvgIpc) is 1.93. The molecule has 0 amide bonds. The van der Waals surface area contributed by atoms with Crippen LogP contribution in [0.25, 0.3) is 0 Å². The van der Waals surface area contributed by atoms with Gasteiger partial charge in [0.2, 0.25) is 0 Å².